The number of hydrogen-bond acceptors (Lipinski definition) is 3. The molecule has 1 aromatic carbocycles. The maximum atomic E-state index is 11.8. The molecular formula is C17H24BrN3O2S. The molecule has 0 bridgehead atoms. The van der Waals surface area contributed by atoms with Gasteiger partial charge in [0.2, 0.25) is 0 Å². The first-order valence-electron chi connectivity index (χ1n) is 8.19. The molecule has 0 saturated heterocycles. The van der Waals surface area contributed by atoms with Crippen LogP contribution in [0.15, 0.2) is 28.7 Å². The molecule has 0 radical (unpaired) electrons. The second-order valence-corrected chi connectivity index (χ2v) is 7.59. The molecule has 1 saturated carbocycles. The van der Waals surface area contributed by atoms with E-state index in [1.807, 2.05) is 12.1 Å². The summed E-state index contributed by atoms with van der Waals surface area (Å²) in [5.74, 6) is 1.59. The number of ether oxygens (including phenoxy) is 1. The number of hydrazine groups is 1. The van der Waals surface area contributed by atoms with Gasteiger partial charge < -0.3 is 10.1 Å². The minimum atomic E-state index is -0.288. The van der Waals surface area contributed by atoms with Crippen molar-refractivity contribution in [2.45, 2.75) is 39.2 Å². The Labute approximate surface area is 157 Å². The Balaban J connectivity index is 1.68. The van der Waals surface area contributed by atoms with Crippen molar-refractivity contribution in [3.05, 3.63) is 28.7 Å². The molecule has 5 nitrogen and oxygen atoms in total. The second-order valence-electron chi connectivity index (χ2n) is 6.27. The molecule has 132 valence electrons. The molecule has 1 aromatic rings. The van der Waals surface area contributed by atoms with Gasteiger partial charge in [-0.25, -0.2) is 0 Å². The van der Waals surface area contributed by atoms with Gasteiger partial charge >= 0.3 is 0 Å². The summed E-state index contributed by atoms with van der Waals surface area (Å²) in [6, 6.07) is 7.69. The highest BCUT2D eigenvalue weighted by Gasteiger charge is 2.27. The fourth-order valence-electron chi connectivity index (χ4n) is 2.86. The number of carbonyl (C=O) groups excluding carboxylic acids is 1. The fraction of sp³-hybridized carbons (Fsp3) is 0.529. The smallest absolute Gasteiger partial charge is 0.276 e. The first kappa shape index (κ1) is 19.0. The van der Waals surface area contributed by atoms with Crippen molar-refractivity contribution in [1.82, 2.24) is 16.2 Å². The van der Waals surface area contributed by atoms with E-state index in [0.717, 1.165) is 10.9 Å². The van der Waals surface area contributed by atoms with Crippen LogP contribution < -0.4 is 20.9 Å². The Morgan fingerprint density at radius 3 is 2.88 bits per heavy atom. The highest BCUT2D eigenvalue weighted by atomic mass is 79.9. The van der Waals surface area contributed by atoms with Crippen LogP contribution in [0.2, 0.25) is 0 Å². The lowest BCUT2D eigenvalue weighted by Gasteiger charge is -2.35. The van der Waals surface area contributed by atoms with E-state index in [1.165, 1.54) is 12.8 Å². The van der Waals surface area contributed by atoms with E-state index in [9.17, 15) is 4.79 Å². The molecule has 3 atom stereocenters. The van der Waals surface area contributed by atoms with Crippen molar-refractivity contribution in [2.24, 2.45) is 11.8 Å². The number of thiocarbonyl (C=S) groups is 1. The number of nitrogens with one attached hydrogen (secondary N) is 3. The van der Waals surface area contributed by atoms with Crippen LogP contribution in [-0.2, 0) is 4.79 Å². The predicted octanol–water partition coefficient (Wildman–Crippen LogP) is 3.15. The van der Waals surface area contributed by atoms with Crippen molar-refractivity contribution in [3.8, 4) is 5.75 Å². The van der Waals surface area contributed by atoms with Gasteiger partial charge in [-0.3, -0.25) is 15.6 Å². The second kappa shape index (κ2) is 9.22. The maximum absolute atomic E-state index is 11.8. The summed E-state index contributed by atoms with van der Waals surface area (Å²) in [7, 11) is 0. The van der Waals surface area contributed by atoms with Crippen LogP contribution in [0.1, 0.15) is 33.1 Å². The van der Waals surface area contributed by atoms with E-state index in [4.69, 9.17) is 17.0 Å². The zero-order valence-electron chi connectivity index (χ0n) is 14.0. The average molecular weight is 414 g/mol. The summed E-state index contributed by atoms with van der Waals surface area (Å²) < 4.78 is 6.32. The van der Waals surface area contributed by atoms with Gasteiger partial charge in [0.15, 0.2) is 11.7 Å². The summed E-state index contributed by atoms with van der Waals surface area (Å²) in [6.07, 6.45) is 3.58. The van der Waals surface area contributed by atoms with Gasteiger partial charge in [-0.2, -0.15) is 0 Å². The quantitative estimate of drug-likeness (QED) is 0.522. The molecular weight excluding hydrogens is 390 g/mol. The van der Waals surface area contributed by atoms with Crippen molar-refractivity contribution in [2.75, 3.05) is 6.61 Å². The van der Waals surface area contributed by atoms with Crippen LogP contribution in [0.25, 0.3) is 0 Å². The molecule has 0 unspecified atom stereocenters. The molecule has 1 aliphatic carbocycles. The minimum absolute atomic E-state index is 0.0804. The Morgan fingerprint density at radius 2 is 2.12 bits per heavy atom. The van der Waals surface area contributed by atoms with Crippen LogP contribution in [-0.4, -0.2) is 23.7 Å². The molecule has 0 aliphatic heterocycles. The van der Waals surface area contributed by atoms with Crippen LogP contribution in [0.4, 0.5) is 0 Å². The summed E-state index contributed by atoms with van der Waals surface area (Å²) in [6.45, 7) is 4.44. The maximum Gasteiger partial charge on any atom is 0.276 e. The lowest BCUT2D eigenvalue weighted by molar-refractivity contribution is -0.123. The molecule has 7 heteroatoms. The van der Waals surface area contributed by atoms with Gasteiger partial charge in [0.25, 0.3) is 5.91 Å². The first-order chi connectivity index (χ1) is 11.5. The van der Waals surface area contributed by atoms with Gasteiger partial charge in [0.1, 0.15) is 5.75 Å². The van der Waals surface area contributed by atoms with E-state index >= 15 is 0 Å². The van der Waals surface area contributed by atoms with E-state index < -0.39 is 0 Å². The SMILES string of the molecule is C[C@@H]1[C@@H](C)CCC[C@H]1NC(=S)NNC(=O)COc1cccc(Br)c1. The molecule has 3 N–H and O–H groups in total. The van der Waals surface area contributed by atoms with E-state index in [0.29, 0.717) is 28.7 Å². The molecule has 0 spiro atoms. The standard InChI is InChI=1S/C17H24BrN3O2S/c1-11-5-3-8-15(12(11)2)19-17(24)21-20-16(22)10-23-14-7-4-6-13(18)9-14/h4,6-7,9,11-12,15H,3,5,8,10H2,1-2H3,(H,20,22)(H2,19,21,24)/t11-,12+,15+/m0/s1. The summed E-state index contributed by atoms with van der Waals surface area (Å²) in [5.41, 5.74) is 5.30. The summed E-state index contributed by atoms with van der Waals surface area (Å²) >= 11 is 8.61. The van der Waals surface area contributed by atoms with Gasteiger partial charge in [0, 0.05) is 10.5 Å². The van der Waals surface area contributed by atoms with Gasteiger partial charge in [-0.15, -0.1) is 0 Å². The highest BCUT2D eigenvalue weighted by Crippen LogP contribution is 2.29. The third-order valence-electron chi connectivity index (χ3n) is 4.50. The van der Waals surface area contributed by atoms with Gasteiger partial charge in [0.05, 0.1) is 0 Å². The van der Waals surface area contributed by atoms with Crippen molar-refractivity contribution < 1.29 is 9.53 Å². The lowest BCUT2D eigenvalue weighted by Crippen LogP contribution is -2.53. The number of halogens is 1. The summed E-state index contributed by atoms with van der Waals surface area (Å²) in [4.78, 5) is 11.8. The zero-order chi connectivity index (χ0) is 17.5. The largest absolute Gasteiger partial charge is 0.484 e. The molecule has 2 rings (SSSR count). The fourth-order valence-corrected chi connectivity index (χ4v) is 3.44. The van der Waals surface area contributed by atoms with E-state index in [-0.39, 0.29) is 12.5 Å². The van der Waals surface area contributed by atoms with Gasteiger partial charge in [-0.05, 0) is 48.7 Å². The third-order valence-corrected chi connectivity index (χ3v) is 5.22. The summed E-state index contributed by atoms with van der Waals surface area (Å²) in [5, 5.41) is 3.74. The number of hydrogen-bond donors (Lipinski definition) is 3. The first-order valence-corrected chi connectivity index (χ1v) is 9.39. The molecule has 24 heavy (non-hydrogen) atoms. The lowest BCUT2D eigenvalue weighted by atomic mass is 9.78. The third kappa shape index (κ3) is 5.94. The van der Waals surface area contributed by atoms with E-state index in [2.05, 4.69) is 45.9 Å². The Kier molecular flexibility index (Phi) is 7.30. The molecule has 0 aromatic heterocycles. The molecule has 1 fully saturated rings. The van der Waals surface area contributed by atoms with Gasteiger partial charge in [-0.1, -0.05) is 48.7 Å². The van der Waals surface area contributed by atoms with Crippen LogP contribution >= 0.6 is 28.1 Å². The van der Waals surface area contributed by atoms with Crippen LogP contribution in [0.3, 0.4) is 0 Å². The highest BCUT2D eigenvalue weighted by molar-refractivity contribution is 9.10. The monoisotopic (exact) mass is 413 g/mol. The number of amides is 1. The average Bonchev–Trinajstić information content (AvgIpc) is 2.55. The van der Waals surface area contributed by atoms with Crippen molar-refractivity contribution in [3.63, 3.8) is 0 Å². The topological polar surface area (TPSA) is 62.4 Å². The Bertz CT molecular complexity index is 585. The predicted molar refractivity (Wildman–Crippen MR) is 103 cm³/mol. The molecule has 1 amide bonds. The Morgan fingerprint density at radius 1 is 1.33 bits per heavy atom. The minimum Gasteiger partial charge on any atom is -0.484 e. The van der Waals surface area contributed by atoms with E-state index in [1.54, 1.807) is 12.1 Å². The number of benzene rings is 1. The van der Waals surface area contributed by atoms with Crippen LogP contribution in [0, 0.1) is 11.8 Å². The molecule has 1 aliphatic rings. The van der Waals surface area contributed by atoms with Crippen molar-refractivity contribution >= 4 is 39.2 Å². The normalized spacial score (nSPS) is 23.2. The van der Waals surface area contributed by atoms with Crippen LogP contribution in [0.5, 0.6) is 5.75 Å². The number of carbonyl (C=O) groups is 1. The van der Waals surface area contributed by atoms with Crippen molar-refractivity contribution in [1.29, 1.82) is 0 Å². The Hall–Kier alpha value is -1.34. The molecule has 0 heterocycles. The zero-order valence-corrected chi connectivity index (χ0v) is 16.4. The number of rotatable bonds is 4.